The van der Waals surface area contributed by atoms with Gasteiger partial charge in [-0.2, -0.15) is 5.10 Å². The van der Waals surface area contributed by atoms with Gasteiger partial charge in [-0.15, -0.1) is 0 Å². The van der Waals surface area contributed by atoms with Crippen molar-refractivity contribution in [3.8, 4) is 16.9 Å². The van der Waals surface area contributed by atoms with Gasteiger partial charge < -0.3 is 9.30 Å². The van der Waals surface area contributed by atoms with Gasteiger partial charge in [-0.05, 0) is 45.0 Å². The minimum absolute atomic E-state index is 0.250. The molecule has 1 aliphatic heterocycles. The summed E-state index contributed by atoms with van der Waals surface area (Å²) in [6.07, 6.45) is 3.80. The topological polar surface area (TPSA) is 48.1 Å². The van der Waals surface area contributed by atoms with Crippen LogP contribution in [0.2, 0.25) is 0 Å². The van der Waals surface area contributed by atoms with E-state index in [1.54, 1.807) is 12.1 Å². The van der Waals surface area contributed by atoms with Gasteiger partial charge in [0.25, 0.3) is 0 Å². The van der Waals surface area contributed by atoms with E-state index in [1.165, 1.54) is 12.1 Å². The maximum atomic E-state index is 13.3. The molecule has 0 radical (unpaired) electrons. The molecule has 4 rings (SSSR count). The van der Waals surface area contributed by atoms with Crippen molar-refractivity contribution >= 4 is 0 Å². The Labute approximate surface area is 164 Å². The van der Waals surface area contributed by atoms with Crippen molar-refractivity contribution in [3.63, 3.8) is 0 Å². The summed E-state index contributed by atoms with van der Waals surface area (Å²) in [6.45, 7) is 10.8. The average Bonchev–Trinajstić information content (AvgIpc) is 3.27. The Bertz CT molecular complexity index is 940. The second kappa shape index (κ2) is 7.85. The molecule has 1 fully saturated rings. The highest BCUT2D eigenvalue weighted by Crippen LogP contribution is 2.30. The summed E-state index contributed by atoms with van der Waals surface area (Å²) >= 11 is 0. The molecule has 7 heteroatoms. The molecule has 3 aromatic rings. The molecule has 1 aromatic carbocycles. The molecule has 0 aliphatic carbocycles. The summed E-state index contributed by atoms with van der Waals surface area (Å²) in [5.74, 6) is -0.250. The van der Waals surface area contributed by atoms with Crippen LogP contribution in [0, 0.1) is 19.7 Å². The molecule has 1 atom stereocenters. The first-order valence-electron chi connectivity index (χ1n) is 9.69. The van der Waals surface area contributed by atoms with E-state index >= 15 is 0 Å². The Balaban J connectivity index is 1.65. The predicted octanol–water partition coefficient (Wildman–Crippen LogP) is 3.38. The summed E-state index contributed by atoms with van der Waals surface area (Å²) in [7, 11) is 0. The highest BCUT2D eigenvalue weighted by Gasteiger charge is 2.21. The van der Waals surface area contributed by atoms with Gasteiger partial charge in [0.1, 0.15) is 5.82 Å². The SMILES string of the molecule is Cc1nn(-c2ccc(F)cc2)c(C)c1-c1cncn1[C@H](C)CN1CCOCC1. The quantitative estimate of drug-likeness (QED) is 0.678. The van der Waals surface area contributed by atoms with Crippen molar-refractivity contribution in [2.24, 2.45) is 0 Å². The first-order chi connectivity index (χ1) is 13.5. The van der Waals surface area contributed by atoms with Gasteiger partial charge >= 0.3 is 0 Å². The highest BCUT2D eigenvalue weighted by molar-refractivity contribution is 5.66. The van der Waals surface area contributed by atoms with Crippen molar-refractivity contribution in [3.05, 3.63) is 54.0 Å². The molecule has 148 valence electrons. The summed E-state index contributed by atoms with van der Waals surface area (Å²) in [6, 6.07) is 6.69. The molecule has 0 unspecified atom stereocenters. The van der Waals surface area contributed by atoms with Crippen molar-refractivity contribution in [1.82, 2.24) is 24.2 Å². The van der Waals surface area contributed by atoms with E-state index in [-0.39, 0.29) is 11.9 Å². The standard InChI is InChI=1S/C21H26FN5O/c1-15(13-25-8-10-28-11-9-25)26-14-23-12-20(26)21-16(2)24-27(17(21)3)19-6-4-18(22)5-7-19/h4-7,12,14-15H,8-11,13H2,1-3H3/t15-/m1/s1. The number of benzene rings is 1. The predicted molar refractivity (Wildman–Crippen MR) is 106 cm³/mol. The molecule has 0 amide bonds. The Kier molecular flexibility index (Phi) is 5.28. The van der Waals surface area contributed by atoms with Gasteiger partial charge in [0.15, 0.2) is 0 Å². The first-order valence-corrected chi connectivity index (χ1v) is 9.69. The lowest BCUT2D eigenvalue weighted by atomic mass is 10.1. The number of nitrogens with zero attached hydrogens (tertiary/aromatic N) is 5. The number of hydrogen-bond acceptors (Lipinski definition) is 4. The third-order valence-corrected chi connectivity index (χ3v) is 5.39. The van der Waals surface area contributed by atoms with Crippen molar-refractivity contribution in [2.45, 2.75) is 26.8 Å². The summed E-state index contributed by atoms with van der Waals surface area (Å²) in [5, 5.41) is 4.71. The fourth-order valence-electron chi connectivity index (χ4n) is 3.94. The van der Waals surface area contributed by atoms with Crippen LogP contribution >= 0.6 is 0 Å². The Hall–Kier alpha value is -2.51. The van der Waals surface area contributed by atoms with Gasteiger partial charge in [-0.3, -0.25) is 4.90 Å². The molecule has 0 N–H and O–H groups in total. The number of rotatable bonds is 5. The van der Waals surface area contributed by atoms with Crippen LogP contribution in [0.4, 0.5) is 4.39 Å². The minimum atomic E-state index is -0.250. The average molecular weight is 383 g/mol. The normalized spacial score (nSPS) is 16.4. The summed E-state index contributed by atoms with van der Waals surface area (Å²) < 4.78 is 22.8. The number of halogens is 1. The second-order valence-corrected chi connectivity index (χ2v) is 7.38. The fraction of sp³-hybridized carbons (Fsp3) is 0.429. The molecule has 0 spiro atoms. The maximum absolute atomic E-state index is 13.3. The Morgan fingerprint density at radius 1 is 1.14 bits per heavy atom. The highest BCUT2D eigenvalue weighted by atomic mass is 19.1. The van der Waals surface area contributed by atoms with Gasteiger partial charge in [-0.25, -0.2) is 14.1 Å². The number of hydrogen-bond donors (Lipinski definition) is 0. The molecular formula is C21H26FN5O. The number of ether oxygens (including phenoxy) is 1. The lowest BCUT2D eigenvalue weighted by molar-refractivity contribution is 0.0326. The van der Waals surface area contributed by atoms with E-state index in [1.807, 2.05) is 31.1 Å². The number of aryl methyl sites for hydroxylation is 1. The van der Waals surface area contributed by atoms with Crippen molar-refractivity contribution in [2.75, 3.05) is 32.8 Å². The van der Waals surface area contributed by atoms with E-state index in [9.17, 15) is 4.39 Å². The summed E-state index contributed by atoms with van der Waals surface area (Å²) in [4.78, 5) is 6.85. The lowest BCUT2D eigenvalue weighted by Crippen LogP contribution is -2.39. The minimum Gasteiger partial charge on any atom is -0.379 e. The molecule has 1 aliphatic rings. The van der Waals surface area contributed by atoms with E-state index in [0.29, 0.717) is 0 Å². The van der Waals surface area contributed by atoms with E-state index in [2.05, 4.69) is 21.4 Å². The van der Waals surface area contributed by atoms with Crippen LogP contribution in [0.1, 0.15) is 24.4 Å². The smallest absolute Gasteiger partial charge is 0.123 e. The maximum Gasteiger partial charge on any atom is 0.123 e. The molecule has 1 saturated heterocycles. The Morgan fingerprint density at radius 2 is 1.86 bits per heavy atom. The molecular weight excluding hydrogens is 357 g/mol. The number of imidazole rings is 1. The second-order valence-electron chi connectivity index (χ2n) is 7.38. The number of aromatic nitrogens is 4. The molecule has 2 aromatic heterocycles. The van der Waals surface area contributed by atoms with Crippen LogP contribution < -0.4 is 0 Å². The Morgan fingerprint density at radius 3 is 2.57 bits per heavy atom. The van der Waals surface area contributed by atoms with Crippen LogP contribution in [0.5, 0.6) is 0 Å². The first kappa shape index (κ1) is 18.8. The molecule has 0 saturated carbocycles. The van der Waals surface area contributed by atoms with Crippen LogP contribution in [0.25, 0.3) is 16.9 Å². The van der Waals surface area contributed by atoms with Crippen LogP contribution in [0.15, 0.2) is 36.8 Å². The van der Waals surface area contributed by atoms with Crippen molar-refractivity contribution < 1.29 is 9.13 Å². The molecule has 0 bridgehead atoms. The third-order valence-electron chi connectivity index (χ3n) is 5.39. The fourth-order valence-corrected chi connectivity index (χ4v) is 3.94. The zero-order chi connectivity index (χ0) is 19.7. The van der Waals surface area contributed by atoms with Gasteiger partial charge in [-0.1, -0.05) is 0 Å². The van der Waals surface area contributed by atoms with E-state index in [0.717, 1.165) is 61.2 Å². The van der Waals surface area contributed by atoms with Gasteiger partial charge in [0, 0.05) is 31.2 Å². The molecule has 28 heavy (non-hydrogen) atoms. The zero-order valence-electron chi connectivity index (χ0n) is 16.6. The van der Waals surface area contributed by atoms with Crippen LogP contribution in [0.3, 0.4) is 0 Å². The largest absolute Gasteiger partial charge is 0.379 e. The van der Waals surface area contributed by atoms with Crippen molar-refractivity contribution in [1.29, 1.82) is 0 Å². The van der Waals surface area contributed by atoms with Crippen LogP contribution in [-0.4, -0.2) is 57.1 Å². The van der Waals surface area contributed by atoms with Gasteiger partial charge in [0.05, 0.1) is 48.5 Å². The number of morpholine rings is 1. The van der Waals surface area contributed by atoms with Gasteiger partial charge in [0.2, 0.25) is 0 Å². The zero-order valence-corrected chi connectivity index (χ0v) is 16.6. The van der Waals surface area contributed by atoms with E-state index in [4.69, 9.17) is 9.84 Å². The molecule has 6 nitrogen and oxygen atoms in total. The monoisotopic (exact) mass is 383 g/mol. The van der Waals surface area contributed by atoms with E-state index < -0.39 is 0 Å². The molecule has 3 heterocycles. The summed E-state index contributed by atoms with van der Waals surface area (Å²) in [5.41, 5.74) is 4.94. The van der Waals surface area contributed by atoms with Crippen LogP contribution in [-0.2, 0) is 4.74 Å². The lowest BCUT2D eigenvalue weighted by Gasteiger charge is -2.30. The third kappa shape index (κ3) is 3.59.